The fourth-order valence-corrected chi connectivity index (χ4v) is 1.24. The summed E-state index contributed by atoms with van der Waals surface area (Å²) in [6, 6.07) is 3.70. The zero-order valence-electron chi connectivity index (χ0n) is 8.07. The van der Waals surface area contributed by atoms with Gasteiger partial charge in [-0.25, -0.2) is 4.98 Å². The van der Waals surface area contributed by atoms with E-state index >= 15 is 0 Å². The molecule has 1 aromatic rings. The van der Waals surface area contributed by atoms with Crippen molar-refractivity contribution in [3.8, 4) is 5.88 Å². The van der Waals surface area contributed by atoms with Crippen molar-refractivity contribution in [2.24, 2.45) is 0 Å². The van der Waals surface area contributed by atoms with E-state index in [1.807, 2.05) is 32.2 Å². The monoisotopic (exact) mass is 198 g/mol. The van der Waals surface area contributed by atoms with Gasteiger partial charge in [-0.3, -0.25) is 0 Å². The molecule has 0 aromatic carbocycles. The Bertz CT molecular complexity index is 289. The minimum atomic E-state index is 0.104. The van der Waals surface area contributed by atoms with Crippen LogP contribution in [0.5, 0.6) is 5.88 Å². The van der Waals surface area contributed by atoms with Crippen molar-refractivity contribution in [2.45, 2.75) is 25.0 Å². The van der Waals surface area contributed by atoms with Crippen molar-refractivity contribution in [3.63, 3.8) is 0 Å². The normalized spacial score (nSPS) is 10.5. The summed E-state index contributed by atoms with van der Waals surface area (Å²) < 4.78 is 5.44. The smallest absolute Gasteiger partial charge is 0.238 e. The van der Waals surface area contributed by atoms with Crippen LogP contribution >= 0.6 is 11.8 Å². The number of hydrogen-bond donors (Lipinski definition) is 1. The number of thioether (sulfide) groups is 1. The van der Waals surface area contributed by atoms with Gasteiger partial charge in [0, 0.05) is 0 Å². The van der Waals surface area contributed by atoms with Crippen LogP contribution in [0.25, 0.3) is 0 Å². The number of nitrogens with zero attached hydrogens (tertiary/aromatic N) is 1. The van der Waals surface area contributed by atoms with Crippen LogP contribution in [0.15, 0.2) is 17.2 Å². The quantitative estimate of drug-likeness (QED) is 0.756. The van der Waals surface area contributed by atoms with Crippen LogP contribution < -0.4 is 10.5 Å². The van der Waals surface area contributed by atoms with Crippen molar-refractivity contribution < 1.29 is 4.74 Å². The highest BCUT2D eigenvalue weighted by Gasteiger charge is 2.05. The minimum absolute atomic E-state index is 0.104. The zero-order valence-corrected chi connectivity index (χ0v) is 8.89. The van der Waals surface area contributed by atoms with Crippen LogP contribution in [0.2, 0.25) is 0 Å². The van der Waals surface area contributed by atoms with E-state index in [4.69, 9.17) is 10.5 Å². The van der Waals surface area contributed by atoms with Gasteiger partial charge in [-0.2, -0.15) is 0 Å². The summed E-state index contributed by atoms with van der Waals surface area (Å²) in [7, 11) is 0. The third-order valence-electron chi connectivity index (χ3n) is 1.42. The highest BCUT2D eigenvalue weighted by molar-refractivity contribution is 7.98. The van der Waals surface area contributed by atoms with Gasteiger partial charge in [0.25, 0.3) is 0 Å². The Balaban J connectivity index is 2.90. The molecule has 0 unspecified atom stereocenters. The van der Waals surface area contributed by atoms with Gasteiger partial charge in [0.2, 0.25) is 5.88 Å². The van der Waals surface area contributed by atoms with Gasteiger partial charge >= 0.3 is 0 Å². The molecule has 2 N–H and O–H groups in total. The largest absolute Gasteiger partial charge is 0.473 e. The highest BCUT2D eigenvalue weighted by atomic mass is 32.2. The molecule has 1 rings (SSSR count). The first kappa shape index (κ1) is 10.2. The summed E-state index contributed by atoms with van der Waals surface area (Å²) in [6.07, 6.45) is 2.07. The topological polar surface area (TPSA) is 48.1 Å². The Kier molecular flexibility index (Phi) is 3.42. The lowest BCUT2D eigenvalue weighted by Crippen LogP contribution is -2.09. The van der Waals surface area contributed by atoms with E-state index in [2.05, 4.69) is 4.98 Å². The van der Waals surface area contributed by atoms with Crippen molar-refractivity contribution in [1.29, 1.82) is 0 Å². The molecular formula is C9H14N2OS. The van der Waals surface area contributed by atoms with Crippen LogP contribution in [-0.2, 0) is 0 Å². The number of ether oxygens (including phenoxy) is 1. The van der Waals surface area contributed by atoms with Gasteiger partial charge in [-0.05, 0) is 32.2 Å². The third kappa shape index (κ3) is 2.81. The molecule has 0 amide bonds. The molecule has 1 heterocycles. The summed E-state index contributed by atoms with van der Waals surface area (Å²) in [4.78, 5) is 4.25. The number of aromatic nitrogens is 1. The second-order valence-corrected chi connectivity index (χ2v) is 3.74. The first-order chi connectivity index (χ1) is 6.13. The van der Waals surface area contributed by atoms with E-state index in [1.165, 1.54) is 0 Å². The SMILES string of the molecule is CSc1ccc(N)c(OC(C)C)n1. The van der Waals surface area contributed by atoms with Crippen molar-refractivity contribution in [2.75, 3.05) is 12.0 Å². The minimum Gasteiger partial charge on any atom is -0.473 e. The molecule has 72 valence electrons. The lowest BCUT2D eigenvalue weighted by molar-refractivity contribution is 0.232. The molecule has 3 nitrogen and oxygen atoms in total. The Hall–Kier alpha value is -0.900. The molecule has 13 heavy (non-hydrogen) atoms. The van der Waals surface area contributed by atoms with Gasteiger partial charge in [0.15, 0.2) is 0 Å². The van der Waals surface area contributed by atoms with Crippen molar-refractivity contribution in [3.05, 3.63) is 12.1 Å². The Morgan fingerprint density at radius 3 is 2.69 bits per heavy atom. The summed E-state index contributed by atoms with van der Waals surface area (Å²) in [5.74, 6) is 0.529. The molecule has 0 saturated heterocycles. The van der Waals surface area contributed by atoms with Gasteiger partial charge in [0.1, 0.15) is 0 Å². The molecule has 0 bridgehead atoms. The Morgan fingerprint density at radius 1 is 1.46 bits per heavy atom. The summed E-state index contributed by atoms with van der Waals surface area (Å²) in [5.41, 5.74) is 6.29. The first-order valence-corrected chi connectivity index (χ1v) is 5.33. The Morgan fingerprint density at radius 2 is 2.15 bits per heavy atom. The lowest BCUT2D eigenvalue weighted by atomic mass is 10.4. The van der Waals surface area contributed by atoms with Crippen LogP contribution in [0.4, 0.5) is 5.69 Å². The van der Waals surface area contributed by atoms with Gasteiger partial charge in [-0.1, -0.05) is 0 Å². The highest BCUT2D eigenvalue weighted by Crippen LogP contribution is 2.23. The van der Waals surface area contributed by atoms with E-state index in [0.29, 0.717) is 11.6 Å². The molecule has 0 aliphatic carbocycles. The molecule has 0 aliphatic rings. The second-order valence-electron chi connectivity index (χ2n) is 2.91. The summed E-state index contributed by atoms with van der Waals surface area (Å²) >= 11 is 1.57. The molecule has 0 spiro atoms. The average molecular weight is 198 g/mol. The molecule has 0 fully saturated rings. The standard InChI is InChI=1S/C9H14N2OS/c1-6(2)12-9-7(10)4-5-8(11-9)13-3/h4-6H,10H2,1-3H3. The average Bonchev–Trinajstić information content (AvgIpc) is 2.08. The molecule has 4 heteroatoms. The summed E-state index contributed by atoms with van der Waals surface area (Å²) in [6.45, 7) is 3.90. The van der Waals surface area contributed by atoms with Crippen LogP contribution in [0, 0.1) is 0 Å². The maximum absolute atomic E-state index is 5.70. The van der Waals surface area contributed by atoms with Gasteiger partial charge in [-0.15, -0.1) is 11.8 Å². The number of hydrogen-bond acceptors (Lipinski definition) is 4. The number of nitrogen functional groups attached to an aromatic ring is 1. The third-order valence-corrected chi connectivity index (χ3v) is 2.07. The second kappa shape index (κ2) is 4.37. The predicted molar refractivity (Wildman–Crippen MR) is 56.2 cm³/mol. The van der Waals surface area contributed by atoms with E-state index < -0.39 is 0 Å². The summed E-state index contributed by atoms with van der Waals surface area (Å²) in [5, 5.41) is 0.921. The van der Waals surface area contributed by atoms with Crippen LogP contribution in [0.3, 0.4) is 0 Å². The molecule has 0 saturated carbocycles. The van der Waals surface area contributed by atoms with Crippen LogP contribution in [0.1, 0.15) is 13.8 Å². The Labute approximate surface area is 82.7 Å². The van der Waals surface area contributed by atoms with Gasteiger partial charge < -0.3 is 10.5 Å². The van der Waals surface area contributed by atoms with Crippen molar-refractivity contribution in [1.82, 2.24) is 4.98 Å². The number of nitrogens with two attached hydrogens (primary N) is 1. The maximum atomic E-state index is 5.70. The van der Waals surface area contributed by atoms with E-state index in [0.717, 1.165) is 5.03 Å². The predicted octanol–water partition coefficient (Wildman–Crippen LogP) is 2.17. The molecule has 0 atom stereocenters. The maximum Gasteiger partial charge on any atom is 0.238 e. The fourth-order valence-electron chi connectivity index (χ4n) is 0.866. The fraction of sp³-hybridized carbons (Fsp3) is 0.444. The van der Waals surface area contributed by atoms with Crippen LogP contribution in [-0.4, -0.2) is 17.3 Å². The lowest BCUT2D eigenvalue weighted by Gasteiger charge is -2.11. The van der Waals surface area contributed by atoms with E-state index in [1.54, 1.807) is 11.8 Å². The number of pyridine rings is 1. The first-order valence-electron chi connectivity index (χ1n) is 4.10. The van der Waals surface area contributed by atoms with Gasteiger partial charge in [0.05, 0.1) is 16.8 Å². The zero-order chi connectivity index (χ0) is 9.84. The number of rotatable bonds is 3. The molecular weight excluding hydrogens is 184 g/mol. The molecule has 1 aromatic heterocycles. The van der Waals surface area contributed by atoms with E-state index in [9.17, 15) is 0 Å². The molecule has 0 radical (unpaired) electrons. The molecule has 0 aliphatic heterocycles. The van der Waals surface area contributed by atoms with Crippen molar-refractivity contribution >= 4 is 17.4 Å². The van der Waals surface area contributed by atoms with E-state index in [-0.39, 0.29) is 6.10 Å². The number of anilines is 1.